The van der Waals surface area contributed by atoms with Gasteiger partial charge in [0.05, 0.1) is 6.04 Å². The Bertz CT molecular complexity index is 557. The van der Waals surface area contributed by atoms with Crippen LogP contribution in [-0.4, -0.2) is 16.1 Å². The second-order valence-corrected chi connectivity index (χ2v) is 5.43. The third-order valence-corrected chi connectivity index (χ3v) is 3.58. The van der Waals surface area contributed by atoms with Gasteiger partial charge in [-0.1, -0.05) is 13.8 Å². The average molecular weight is 245 g/mol. The summed E-state index contributed by atoms with van der Waals surface area (Å²) >= 11 is 0. The second kappa shape index (κ2) is 3.92. The zero-order chi connectivity index (χ0) is 12.8. The van der Waals surface area contributed by atoms with Crippen molar-refractivity contribution in [3.63, 3.8) is 0 Å². The first kappa shape index (κ1) is 11.4. The molecule has 3 rings (SSSR count). The van der Waals surface area contributed by atoms with Crippen molar-refractivity contribution in [2.75, 3.05) is 6.54 Å². The van der Waals surface area contributed by atoms with Crippen molar-refractivity contribution in [1.29, 1.82) is 0 Å². The van der Waals surface area contributed by atoms with Gasteiger partial charge in [0.2, 0.25) is 0 Å². The lowest BCUT2D eigenvalue weighted by Gasteiger charge is -2.45. The molecule has 0 amide bonds. The van der Waals surface area contributed by atoms with Gasteiger partial charge in [-0.2, -0.15) is 0 Å². The van der Waals surface area contributed by atoms with E-state index < -0.39 is 0 Å². The standard InChI is InChI=1S/C14H16FN3/c1-14(2)9-17-12(14)13-16-7-8-18(13)11-5-3-10(15)4-6-11/h3-8,12,17H,9H2,1-2H3/t12-/m0/s1. The predicted molar refractivity (Wildman–Crippen MR) is 68.0 cm³/mol. The highest BCUT2D eigenvalue weighted by atomic mass is 19.1. The van der Waals surface area contributed by atoms with E-state index in [4.69, 9.17) is 0 Å². The van der Waals surface area contributed by atoms with Gasteiger partial charge in [-0.05, 0) is 29.7 Å². The Hall–Kier alpha value is -1.68. The van der Waals surface area contributed by atoms with Crippen molar-refractivity contribution in [2.24, 2.45) is 5.41 Å². The first-order valence-corrected chi connectivity index (χ1v) is 6.10. The molecule has 0 spiro atoms. The van der Waals surface area contributed by atoms with Crippen molar-refractivity contribution in [3.05, 3.63) is 48.3 Å². The summed E-state index contributed by atoms with van der Waals surface area (Å²) in [4.78, 5) is 4.44. The highest BCUT2D eigenvalue weighted by molar-refractivity contribution is 5.34. The number of nitrogens with zero attached hydrogens (tertiary/aromatic N) is 2. The number of halogens is 1. The number of rotatable bonds is 2. The Morgan fingerprint density at radius 3 is 2.61 bits per heavy atom. The largest absolute Gasteiger partial charge is 0.306 e. The molecule has 0 aliphatic carbocycles. The zero-order valence-electron chi connectivity index (χ0n) is 10.5. The van der Waals surface area contributed by atoms with E-state index in [-0.39, 0.29) is 17.3 Å². The van der Waals surface area contributed by atoms with Gasteiger partial charge in [0.1, 0.15) is 11.6 Å². The summed E-state index contributed by atoms with van der Waals surface area (Å²) in [7, 11) is 0. The van der Waals surface area contributed by atoms with Crippen molar-refractivity contribution in [2.45, 2.75) is 19.9 Å². The van der Waals surface area contributed by atoms with Crippen LogP contribution < -0.4 is 5.32 Å². The topological polar surface area (TPSA) is 29.9 Å². The Balaban J connectivity index is 1.99. The molecule has 1 aromatic heterocycles. The number of hydrogen-bond donors (Lipinski definition) is 1. The Morgan fingerprint density at radius 1 is 1.33 bits per heavy atom. The van der Waals surface area contributed by atoms with E-state index >= 15 is 0 Å². The number of nitrogens with one attached hydrogen (secondary N) is 1. The van der Waals surface area contributed by atoms with E-state index in [9.17, 15) is 4.39 Å². The van der Waals surface area contributed by atoms with E-state index in [1.807, 2.05) is 10.8 Å². The quantitative estimate of drug-likeness (QED) is 0.881. The Morgan fingerprint density at radius 2 is 2.06 bits per heavy atom. The third kappa shape index (κ3) is 1.73. The molecule has 18 heavy (non-hydrogen) atoms. The molecule has 2 aromatic rings. The molecule has 0 saturated carbocycles. The average Bonchev–Trinajstić information content (AvgIpc) is 2.77. The minimum atomic E-state index is -0.220. The first-order valence-electron chi connectivity index (χ1n) is 6.10. The van der Waals surface area contributed by atoms with Crippen LogP contribution in [0.1, 0.15) is 25.7 Å². The minimum absolute atomic E-state index is 0.211. The van der Waals surface area contributed by atoms with E-state index in [0.717, 1.165) is 18.1 Å². The van der Waals surface area contributed by atoms with Crippen LogP contribution in [0.4, 0.5) is 4.39 Å². The summed E-state index contributed by atoms with van der Waals surface area (Å²) in [5.41, 5.74) is 1.15. The van der Waals surface area contributed by atoms with E-state index in [2.05, 4.69) is 24.1 Å². The van der Waals surface area contributed by atoms with Gasteiger partial charge in [-0.25, -0.2) is 9.37 Å². The molecule has 0 radical (unpaired) electrons. The van der Waals surface area contributed by atoms with E-state index in [1.165, 1.54) is 12.1 Å². The fourth-order valence-corrected chi connectivity index (χ4v) is 2.40. The van der Waals surface area contributed by atoms with Gasteiger partial charge >= 0.3 is 0 Å². The maximum atomic E-state index is 13.0. The van der Waals surface area contributed by atoms with Gasteiger partial charge in [0.15, 0.2) is 0 Å². The van der Waals surface area contributed by atoms with Crippen LogP contribution in [0, 0.1) is 11.2 Å². The number of aromatic nitrogens is 2. The van der Waals surface area contributed by atoms with Crippen LogP contribution in [0.15, 0.2) is 36.7 Å². The summed E-state index contributed by atoms with van der Waals surface area (Å²) in [6.45, 7) is 5.43. The van der Waals surface area contributed by atoms with Crippen LogP contribution >= 0.6 is 0 Å². The molecule has 0 unspecified atom stereocenters. The fourth-order valence-electron chi connectivity index (χ4n) is 2.40. The highest BCUT2D eigenvalue weighted by Gasteiger charge is 2.41. The molecule has 1 saturated heterocycles. The Kier molecular flexibility index (Phi) is 2.48. The van der Waals surface area contributed by atoms with Gasteiger partial charge < -0.3 is 9.88 Å². The van der Waals surface area contributed by atoms with Gasteiger partial charge in [0, 0.05) is 24.6 Å². The van der Waals surface area contributed by atoms with Crippen molar-refractivity contribution in [1.82, 2.24) is 14.9 Å². The van der Waals surface area contributed by atoms with Gasteiger partial charge in [-0.3, -0.25) is 0 Å². The molecular weight excluding hydrogens is 229 g/mol. The van der Waals surface area contributed by atoms with E-state index in [0.29, 0.717) is 0 Å². The SMILES string of the molecule is CC1(C)CN[C@H]1c1nccn1-c1ccc(F)cc1. The molecular formula is C14H16FN3. The third-order valence-electron chi connectivity index (χ3n) is 3.58. The normalized spacial score (nSPS) is 21.6. The van der Waals surface area contributed by atoms with Crippen molar-refractivity contribution >= 4 is 0 Å². The molecule has 94 valence electrons. The molecule has 1 fully saturated rings. The van der Waals surface area contributed by atoms with Gasteiger partial charge in [0.25, 0.3) is 0 Å². The maximum Gasteiger partial charge on any atom is 0.131 e. The molecule has 1 aromatic carbocycles. The lowest BCUT2D eigenvalue weighted by molar-refractivity contribution is 0.119. The van der Waals surface area contributed by atoms with Crippen LogP contribution in [0.2, 0.25) is 0 Å². The summed E-state index contributed by atoms with van der Waals surface area (Å²) in [6, 6.07) is 6.73. The molecule has 2 heterocycles. The minimum Gasteiger partial charge on any atom is -0.306 e. The smallest absolute Gasteiger partial charge is 0.131 e. The number of imidazole rings is 1. The fraction of sp³-hybridized carbons (Fsp3) is 0.357. The molecule has 3 nitrogen and oxygen atoms in total. The van der Waals surface area contributed by atoms with Crippen LogP contribution in [-0.2, 0) is 0 Å². The molecule has 1 aliphatic heterocycles. The lowest BCUT2D eigenvalue weighted by Crippen LogP contribution is -2.53. The van der Waals surface area contributed by atoms with Crippen molar-refractivity contribution < 1.29 is 4.39 Å². The van der Waals surface area contributed by atoms with Crippen LogP contribution in [0.3, 0.4) is 0 Å². The van der Waals surface area contributed by atoms with E-state index in [1.54, 1.807) is 18.3 Å². The Labute approximate surface area is 106 Å². The van der Waals surface area contributed by atoms with Crippen LogP contribution in [0.25, 0.3) is 5.69 Å². The summed E-state index contributed by atoms with van der Waals surface area (Å²) in [6.07, 6.45) is 3.70. The second-order valence-electron chi connectivity index (χ2n) is 5.43. The number of hydrogen-bond acceptors (Lipinski definition) is 2. The number of benzene rings is 1. The highest BCUT2D eigenvalue weighted by Crippen LogP contribution is 2.39. The molecule has 4 heteroatoms. The summed E-state index contributed by atoms with van der Waals surface area (Å²) in [5, 5.41) is 3.40. The van der Waals surface area contributed by atoms with Crippen molar-refractivity contribution in [3.8, 4) is 5.69 Å². The predicted octanol–water partition coefficient (Wildman–Crippen LogP) is 2.68. The first-order chi connectivity index (χ1) is 8.58. The van der Waals surface area contributed by atoms with Gasteiger partial charge in [-0.15, -0.1) is 0 Å². The summed E-state index contributed by atoms with van der Waals surface area (Å²) < 4.78 is 15.0. The molecule has 0 bridgehead atoms. The molecule has 1 aliphatic rings. The lowest BCUT2D eigenvalue weighted by atomic mass is 9.77. The molecule has 1 atom stereocenters. The maximum absolute atomic E-state index is 13.0. The monoisotopic (exact) mass is 245 g/mol. The molecule has 1 N–H and O–H groups in total. The zero-order valence-corrected chi connectivity index (χ0v) is 10.5. The summed E-state index contributed by atoms with van der Waals surface area (Å²) in [5.74, 6) is 0.764. The van der Waals surface area contributed by atoms with Crippen LogP contribution in [0.5, 0.6) is 0 Å².